The van der Waals surface area contributed by atoms with Crippen molar-refractivity contribution >= 4 is 0 Å². The summed E-state index contributed by atoms with van der Waals surface area (Å²) < 4.78 is 14.8. The van der Waals surface area contributed by atoms with Crippen LogP contribution in [0.15, 0.2) is 36.7 Å². The average molecular weight is 205 g/mol. The predicted octanol–water partition coefficient (Wildman–Crippen LogP) is 1.53. The molecule has 15 heavy (non-hydrogen) atoms. The third-order valence-corrected chi connectivity index (χ3v) is 2.23. The highest BCUT2D eigenvalue weighted by Gasteiger charge is 2.01. The third kappa shape index (κ3) is 2.22. The fraction of sp³-hybridized carbons (Fsp3) is 0.182. The summed E-state index contributed by atoms with van der Waals surface area (Å²) in [6.45, 7) is 0.993. The van der Waals surface area contributed by atoms with Gasteiger partial charge in [0.15, 0.2) is 0 Å². The van der Waals surface area contributed by atoms with Gasteiger partial charge in [-0.1, -0.05) is 12.1 Å². The van der Waals surface area contributed by atoms with Crippen LogP contribution in [-0.4, -0.2) is 9.55 Å². The first-order chi connectivity index (χ1) is 7.29. The smallest absolute Gasteiger partial charge is 0.123 e. The lowest BCUT2D eigenvalue weighted by molar-refractivity contribution is 0.622. The van der Waals surface area contributed by atoms with E-state index in [1.165, 1.54) is 12.1 Å². The van der Waals surface area contributed by atoms with Crippen LogP contribution in [0.3, 0.4) is 0 Å². The summed E-state index contributed by atoms with van der Waals surface area (Å²) in [5.74, 6) is 0.584. The van der Waals surface area contributed by atoms with Gasteiger partial charge in [0, 0.05) is 18.9 Å². The molecule has 0 aliphatic heterocycles. The van der Waals surface area contributed by atoms with E-state index < -0.39 is 0 Å². The Morgan fingerprint density at radius 3 is 3.00 bits per heavy atom. The minimum absolute atomic E-state index is 0.220. The van der Waals surface area contributed by atoms with Crippen molar-refractivity contribution in [2.75, 3.05) is 0 Å². The van der Waals surface area contributed by atoms with Crippen molar-refractivity contribution in [2.24, 2.45) is 5.73 Å². The van der Waals surface area contributed by atoms with Crippen molar-refractivity contribution in [3.8, 4) is 0 Å². The molecular formula is C11H12FN3. The van der Waals surface area contributed by atoms with Crippen LogP contribution in [0.4, 0.5) is 4.39 Å². The molecule has 2 rings (SSSR count). The average Bonchev–Trinajstić information content (AvgIpc) is 2.65. The molecule has 0 unspecified atom stereocenters. The molecule has 0 aliphatic carbocycles. The summed E-state index contributed by atoms with van der Waals surface area (Å²) in [4.78, 5) is 4.10. The van der Waals surface area contributed by atoms with Gasteiger partial charge in [0.05, 0.1) is 6.54 Å². The van der Waals surface area contributed by atoms with E-state index >= 15 is 0 Å². The fourth-order valence-corrected chi connectivity index (χ4v) is 1.51. The number of hydrogen-bond acceptors (Lipinski definition) is 2. The molecule has 0 fully saturated rings. The molecule has 1 aromatic carbocycles. The van der Waals surface area contributed by atoms with Crippen LogP contribution in [-0.2, 0) is 13.1 Å². The van der Waals surface area contributed by atoms with Crippen molar-refractivity contribution in [2.45, 2.75) is 13.1 Å². The second kappa shape index (κ2) is 4.23. The molecule has 0 saturated carbocycles. The van der Waals surface area contributed by atoms with E-state index in [9.17, 15) is 4.39 Å². The van der Waals surface area contributed by atoms with Gasteiger partial charge in [-0.15, -0.1) is 0 Å². The maximum atomic E-state index is 12.9. The molecule has 2 aromatic rings. The molecule has 0 radical (unpaired) electrons. The van der Waals surface area contributed by atoms with Crippen LogP contribution in [0.1, 0.15) is 11.4 Å². The highest BCUT2D eigenvalue weighted by molar-refractivity contribution is 5.17. The monoisotopic (exact) mass is 205 g/mol. The Morgan fingerprint density at radius 2 is 2.27 bits per heavy atom. The maximum Gasteiger partial charge on any atom is 0.123 e. The molecule has 2 N–H and O–H groups in total. The van der Waals surface area contributed by atoms with Crippen LogP contribution in [0.5, 0.6) is 0 Å². The van der Waals surface area contributed by atoms with Crippen LogP contribution in [0.25, 0.3) is 0 Å². The molecule has 0 saturated heterocycles. The number of hydrogen-bond donors (Lipinski definition) is 1. The Labute approximate surface area is 87.4 Å². The van der Waals surface area contributed by atoms with Gasteiger partial charge in [-0.25, -0.2) is 9.37 Å². The molecular weight excluding hydrogens is 193 g/mol. The minimum atomic E-state index is -0.220. The van der Waals surface area contributed by atoms with Crippen molar-refractivity contribution in [1.82, 2.24) is 9.55 Å². The standard InChI is InChI=1S/C11H12FN3/c12-10-3-1-2-9(6-10)8-15-5-4-14-11(15)7-13/h1-6H,7-8,13H2. The Bertz CT molecular complexity index is 451. The molecule has 1 aromatic heterocycles. The Morgan fingerprint density at radius 1 is 1.40 bits per heavy atom. The van der Waals surface area contributed by atoms with Crippen LogP contribution >= 0.6 is 0 Å². The Hall–Kier alpha value is -1.68. The number of halogens is 1. The summed E-state index contributed by atoms with van der Waals surface area (Å²) in [5.41, 5.74) is 6.43. The fourth-order valence-electron chi connectivity index (χ4n) is 1.51. The van der Waals surface area contributed by atoms with Gasteiger partial charge < -0.3 is 10.3 Å². The van der Waals surface area contributed by atoms with Gasteiger partial charge in [0.2, 0.25) is 0 Å². The highest BCUT2D eigenvalue weighted by Crippen LogP contribution is 2.07. The van der Waals surface area contributed by atoms with Crippen molar-refractivity contribution < 1.29 is 4.39 Å². The lowest BCUT2D eigenvalue weighted by atomic mass is 10.2. The lowest BCUT2D eigenvalue weighted by Crippen LogP contribution is -2.08. The summed E-state index contributed by atoms with van der Waals surface area (Å²) in [7, 11) is 0. The zero-order valence-electron chi connectivity index (χ0n) is 8.23. The summed E-state index contributed by atoms with van der Waals surface area (Å²) >= 11 is 0. The van der Waals surface area contributed by atoms with E-state index in [-0.39, 0.29) is 5.82 Å². The van der Waals surface area contributed by atoms with Crippen LogP contribution in [0.2, 0.25) is 0 Å². The number of rotatable bonds is 3. The highest BCUT2D eigenvalue weighted by atomic mass is 19.1. The van der Waals surface area contributed by atoms with E-state index in [2.05, 4.69) is 4.98 Å². The van der Waals surface area contributed by atoms with Gasteiger partial charge >= 0.3 is 0 Å². The number of nitrogens with zero attached hydrogens (tertiary/aromatic N) is 2. The summed E-state index contributed by atoms with van der Waals surface area (Å²) in [6.07, 6.45) is 3.54. The topological polar surface area (TPSA) is 43.8 Å². The molecule has 0 atom stereocenters. The van der Waals surface area contributed by atoms with Gasteiger partial charge in [0.25, 0.3) is 0 Å². The first kappa shape index (κ1) is 9.86. The quantitative estimate of drug-likeness (QED) is 0.825. The predicted molar refractivity (Wildman–Crippen MR) is 55.6 cm³/mol. The summed E-state index contributed by atoms with van der Waals surface area (Å²) in [5, 5.41) is 0. The molecule has 3 nitrogen and oxygen atoms in total. The number of nitrogens with two attached hydrogens (primary N) is 1. The molecule has 0 aliphatic rings. The van der Waals surface area contributed by atoms with Crippen molar-refractivity contribution in [3.05, 3.63) is 53.9 Å². The molecule has 78 valence electrons. The molecule has 0 spiro atoms. The molecule has 0 bridgehead atoms. The molecule has 1 heterocycles. The Balaban J connectivity index is 2.22. The van der Waals surface area contributed by atoms with Gasteiger partial charge in [-0.05, 0) is 17.7 Å². The van der Waals surface area contributed by atoms with Gasteiger partial charge in [-0.2, -0.15) is 0 Å². The summed E-state index contributed by atoms with van der Waals surface area (Å²) in [6, 6.07) is 6.52. The normalized spacial score (nSPS) is 10.5. The van der Waals surface area contributed by atoms with E-state index in [1.807, 2.05) is 16.8 Å². The van der Waals surface area contributed by atoms with E-state index in [1.54, 1.807) is 12.3 Å². The SMILES string of the molecule is NCc1nccn1Cc1cccc(F)c1. The van der Waals surface area contributed by atoms with Gasteiger partial charge in [0.1, 0.15) is 11.6 Å². The third-order valence-electron chi connectivity index (χ3n) is 2.23. The second-order valence-electron chi connectivity index (χ2n) is 3.31. The van der Waals surface area contributed by atoms with E-state index in [0.29, 0.717) is 13.1 Å². The Kier molecular flexibility index (Phi) is 2.78. The van der Waals surface area contributed by atoms with Crippen molar-refractivity contribution in [3.63, 3.8) is 0 Å². The zero-order chi connectivity index (χ0) is 10.7. The minimum Gasteiger partial charge on any atom is -0.329 e. The van der Waals surface area contributed by atoms with Crippen LogP contribution < -0.4 is 5.73 Å². The molecule has 0 amide bonds. The van der Waals surface area contributed by atoms with E-state index in [0.717, 1.165) is 11.4 Å². The second-order valence-corrected chi connectivity index (χ2v) is 3.31. The number of benzene rings is 1. The maximum absolute atomic E-state index is 12.9. The zero-order valence-corrected chi connectivity index (χ0v) is 8.23. The number of aromatic nitrogens is 2. The first-order valence-corrected chi connectivity index (χ1v) is 4.74. The van der Waals surface area contributed by atoms with Crippen molar-refractivity contribution in [1.29, 1.82) is 0 Å². The largest absolute Gasteiger partial charge is 0.329 e. The lowest BCUT2D eigenvalue weighted by Gasteiger charge is -2.06. The number of imidazole rings is 1. The van der Waals surface area contributed by atoms with Gasteiger partial charge in [-0.3, -0.25) is 0 Å². The van der Waals surface area contributed by atoms with E-state index in [4.69, 9.17) is 5.73 Å². The first-order valence-electron chi connectivity index (χ1n) is 4.74. The van der Waals surface area contributed by atoms with Crippen LogP contribution in [0, 0.1) is 5.82 Å². The molecule has 4 heteroatoms.